The summed E-state index contributed by atoms with van der Waals surface area (Å²) in [5, 5.41) is 15.2. The van der Waals surface area contributed by atoms with E-state index in [4.69, 9.17) is 4.74 Å². The molecule has 1 aromatic carbocycles. The van der Waals surface area contributed by atoms with Crippen LogP contribution in [-0.2, 0) is 9.53 Å². The first-order chi connectivity index (χ1) is 12.6. The zero-order valence-corrected chi connectivity index (χ0v) is 16.7. The lowest BCUT2D eigenvalue weighted by Crippen LogP contribution is -2.18. The lowest BCUT2D eigenvalue weighted by Gasteiger charge is -2.09. The molecular formula is C18H24N4O2S2. The summed E-state index contributed by atoms with van der Waals surface area (Å²) in [5.41, 5.74) is 2.04. The number of amides is 1. The van der Waals surface area contributed by atoms with Gasteiger partial charge in [-0.3, -0.25) is 4.79 Å². The van der Waals surface area contributed by atoms with Crippen LogP contribution in [0.2, 0.25) is 0 Å². The normalized spacial score (nSPS) is 16.8. The maximum absolute atomic E-state index is 12.2. The van der Waals surface area contributed by atoms with Gasteiger partial charge in [0.25, 0.3) is 0 Å². The van der Waals surface area contributed by atoms with E-state index in [1.54, 1.807) is 0 Å². The number of aromatic nitrogens is 2. The van der Waals surface area contributed by atoms with Gasteiger partial charge in [0, 0.05) is 18.8 Å². The van der Waals surface area contributed by atoms with Gasteiger partial charge in [0.2, 0.25) is 11.0 Å². The number of nitrogens with one attached hydrogen (secondary N) is 2. The first-order valence-corrected chi connectivity index (χ1v) is 10.6. The second-order valence-corrected chi connectivity index (χ2v) is 8.71. The molecular weight excluding hydrogens is 368 g/mol. The molecule has 1 aliphatic heterocycles. The first-order valence-electron chi connectivity index (χ1n) is 8.82. The van der Waals surface area contributed by atoms with Gasteiger partial charge in [0.1, 0.15) is 0 Å². The summed E-state index contributed by atoms with van der Waals surface area (Å²) in [7, 11) is 0. The smallest absolute Gasteiger partial charge is 0.234 e. The van der Waals surface area contributed by atoms with E-state index in [0.29, 0.717) is 11.7 Å². The van der Waals surface area contributed by atoms with E-state index in [1.165, 1.54) is 28.7 Å². The van der Waals surface area contributed by atoms with Gasteiger partial charge in [-0.1, -0.05) is 49.1 Å². The first kappa shape index (κ1) is 19.1. The van der Waals surface area contributed by atoms with Crippen molar-refractivity contribution in [3.63, 3.8) is 0 Å². The summed E-state index contributed by atoms with van der Waals surface area (Å²) in [6.45, 7) is 5.87. The van der Waals surface area contributed by atoms with Gasteiger partial charge in [-0.2, -0.15) is 0 Å². The van der Waals surface area contributed by atoms with Crippen LogP contribution < -0.4 is 10.6 Å². The van der Waals surface area contributed by atoms with Crippen LogP contribution in [-0.4, -0.2) is 41.1 Å². The fourth-order valence-electron chi connectivity index (χ4n) is 2.65. The molecule has 3 rings (SSSR count). The maximum atomic E-state index is 12.2. The van der Waals surface area contributed by atoms with Gasteiger partial charge in [-0.15, -0.1) is 10.2 Å². The Labute approximate surface area is 162 Å². The zero-order chi connectivity index (χ0) is 18.4. The molecule has 8 heteroatoms. The molecule has 0 radical (unpaired) electrons. The topological polar surface area (TPSA) is 76.1 Å². The highest BCUT2D eigenvalue weighted by atomic mass is 32.2. The zero-order valence-electron chi connectivity index (χ0n) is 15.0. The van der Waals surface area contributed by atoms with Crippen molar-refractivity contribution >= 4 is 39.8 Å². The molecule has 2 aromatic rings. The van der Waals surface area contributed by atoms with Crippen molar-refractivity contribution in [1.82, 2.24) is 10.2 Å². The summed E-state index contributed by atoms with van der Waals surface area (Å²) < 4.78 is 6.36. The van der Waals surface area contributed by atoms with Crippen molar-refractivity contribution in [2.75, 3.05) is 29.5 Å². The van der Waals surface area contributed by atoms with E-state index in [9.17, 15) is 4.79 Å². The number of nitrogens with zero attached hydrogens (tertiary/aromatic N) is 2. The predicted molar refractivity (Wildman–Crippen MR) is 107 cm³/mol. The lowest BCUT2D eigenvalue weighted by atomic mass is 10.0. The van der Waals surface area contributed by atoms with Crippen molar-refractivity contribution in [2.24, 2.45) is 0 Å². The third-order valence-corrected chi connectivity index (χ3v) is 6.09. The average Bonchev–Trinajstić information content (AvgIpc) is 3.30. The van der Waals surface area contributed by atoms with Crippen molar-refractivity contribution < 1.29 is 9.53 Å². The Morgan fingerprint density at radius 3 is 3.08 bits per heavy atom. The highest BCUT2D eigenvalue weighted by Gasteiger charge is 2.16. The Kier molecular flexibility index (Phi) is 6.87. The summed E-state index contributed by atoms with van der Waals surface area (Å²) in [6.07, 6.45) is 2.48. The van der Waals surface area contributed by atoms with Crippen LogP contribution in [0.25, 0.3) is 0 Å². The van der Waals surface area contributed by atoms with E-state index in [-0.39, 0.29) is 12.0 Å². The highest BCUT2D eigenvalue weighted by molar-refractivity contribution is 8.01. The third kappa shape index (κ3) is 5.69. The van der Waals surface area contributed by atoms with Crippen LogP contribution in [0, 0.1) is 0 Å². The van der Waals surface area contributed by atoms with Crippen LogP contribution in [0.5, 0.6) is 0 Å². The number of hydrogen-bond acceptors (Lipinski definition) is 7. The van der Waals surface area contributed by atoms with Crippen molar-refractivity contribution in [3.8, 4) is 0 Å². The molecule has 1 saturated heterocycles. The minimum absolute atomic E-state index is 0.0417. The Morgan fingerprint density at radius 1 is 1.42 bits per heavy atom. The van der Waals surface area contributed by atoms with Gasteiger partial charge in [-0.25, -0.2) is 0 Å². The lowest BCUT2D eigenvalue weighted by molar-refractivity contribution is -0.113. The number of ether oxygens (including phenoxy) is 1. The molecule has 1 aliphatic rings. The van der Waals surface area contributed by atoms with E-state index in [2.05, 4.69) is 40.7 Å². The molecule has 26 heavy (non-hydrogen) atoms. The molecule has 0 bridgehead atoms. The van der Waals surface area contributed by atoms with Crippen LogP contribution in [0.4, 0.5) is 10.8 Å². The Bertz CT molecular complexity index is 729. The molecule has 0 saturated carbocycles. The minimum Gasteiger partial charge on any atom is -0.376 e. The quantitative estimate of drug-likeness (QED) is 0.662. The Hall–Kier alpha value is -1.64. The third-order valence-electron chi connectivity index (χ3n) is 4.08. The molecule has 1 unspecified atom stereocenters. The van der Waals surface area contributed by atoms with E-state index in [0.717, 1.165) is 41.2 Å². The molecule has 0 aliphatic carbocycles. The molecule has 6 nitrogen and oxygen atoms in total. The predicted octanol–water partition coefficient (Wildman–Crippen LogP) is 3.98. The largest absolute Gasteiger partial charge is 0.376 e. The second kappa shape index (κ2) is 9.34. The maximum Gasteiger partial charge on any atom is 0.234 e. The number of benzene rings is 1. The van der Waals surface area contributed by atoms with Crippen LogP contribution in [0.3, 0.4) is 0 Å². The van der Waals surface area contributed by atoms with Gasteiger partial charge in [-0.05, 0) is 36.5 Å². The molecule has 2 N–H and O–H groups in total. The van der Waals surface area contributed by atoms with E-state index in [1.807, 2.05) is 18.2 Å². The number of rotatable bonds is 8. The van der Waals surface area contributed by atoms with E-state index >= 15 is 0 Å². The molecule has 1 atom stereocenters. The van der Waals surface area contributed by atoms with Crippen molar-refractivity contribution in [3.05, 3.63) is 29.8 Å². The van der Waals surface area contributed by atoms with Gasteiger partial charge in [0.15, 0.2) is 4.34 Å². The van der Waals surface area contributed by atoms with Crippen LogP contribution in [0.15, 0.2) is 28.6 Å². The fraction of sp³-hybridized carbons (Fsp3) is 0.500. The minimum atomic E-state index is -0.0417. The summed E-state index contributed by atoms with van der Waals surface area (Å²) in [5.74, 6) is 0.704. The van der Waals surface area contributed by atoms with Gasteiger partial charge in [0.05, 0.1) is 11.9 Å². The van der Waals surface area contributed by atoms with E-state index < -0.39 is 0 Å². The second-order valence-electron chi connectivity index (χ2n) is 6.51. The summed E-state index contributed by atoms with van der Waals surface area (Å²) >= 11 is 2.86. The fourth-order valence-corrected chi connectivity index (χ4v) is 4.20. The van der Waals surface area contributed by atoms with Crippen molar-refractivity contribution in [1.29, 1.82) is 0 Å². The van der Waals surface area contributed by atoms with Crippen LogP contribution >= 0.6 is 23.1 Å². The number of thioether (sulfide) groups is 1. The van der Waals surface area contributed by atoms with Gasteiger partial charge < -0.3 is 15.4 Å². The Balaban J connectivity index is 1.43. The summed E-state index contributed by atoms with van der Waals surface area (Å²) in [6, 6.07) is 7.97. The average molecular weight is 393 g/mol. The SMILES string of the molecule is CC(C)c1cccc(NC(=O)CSc2nnc(NCC3CCCO3)s2)c1. The van der Waals surface area contributed by atoms with Crippen LogP contribution in [0.1, 0.15) is 38.2 Å². The number of anilines is 2. The van der Waals surface area contributed by atoms with Gasteiger partial charge >= 0.3 is 0 Å². The Morgan fingerprint density at radius 2 is 2.31 bits per heavy atom. The number of carbonyl (C=O) groups excluding carboxylic acids is 1. The monoisotopic (exact) mass is 392 g/mol. The molecule has 140 valence electrons. The summed E-state index contributed by atoms with van der Waals surface area (Å²) in [4.78, 5) is 12.2. The molecule has 1 amide bonds. The van der Waals surface area contributed by atoms with Crippen molar-refractivity contribution in [2.45, 2.75) is 43.1 Å². The molecule has 0 spiro atoms. The highest BCUT2D eigenvalue weighted by Crippen LogP contribution is 2.26. The molecule has 1 fully saturated rings. The molecule has 1 aromatic heterocycles. The molecule has 2 heterocycles. The number of carbonyl (C=O) groups is 1. The number of hydrogen-bond donors (Lipinski definition) is 2. The standard InChI is InChI=1S/C18H24N4O2S2/c1-12(2)13-5-3-6-14(9-13)20-16(23)11-25-18-22-21-17(26-18)19-10-15-7-4-8-24-15/h3,5-6,9,12,15H,4,7-8,10-11H2,1-2H3,(H,19,21)(H,20,23).